The summed E-state index contributed by atoms with van der Waals surface area (Å²) in [5.74, 6) is 0.281. The van der Waals surface area contributed by atoms with E-state index in [1.165, 1.54) is 6.07 Å². The summed E-state index contributed by atoms with van der Waals surface area (Å²) in [5.41, 5.74) is 2.02. The van der Waals surface area contributed by atoms with Crippen LogP contribution in [0.4, 0.5) is 4.39 Å². The van der Waals surface area contributed by atoms with Gasteiger partial charge in [0.15, 0.2) is 11.6 Å². The zero-order valence-electron chi connectivity index (χ0n) is 10.3. The fraction of sp³-hybridized carbons (Fsp3) is 0.143. The average molecular weight is 334 g/mol. The Labute approximate surface area is 122 Å². The summed E-state index contributed by atoms with van der Waals surface area (Å²) in [6.45, 7) is 0.467. The molecule has 0 saturated carbocycles. The first kappa shape index (κ1) is 11.8. The van der Waals surface area contributed by atoms with E-state index < -0.39 is 0 Å². The van der Waals surface area contributed by atoms with E-state index in [0.717, 1.165) is 5.56 Å². The maximum atomic E-state index is 14.0. The highest BCUT2D eigenvalue weighted by Gasteiger charge is 2.27. The largest absolute Gasteiger partial charge is 0.488 e. The van der Waals surface area contributed by atoms with Gasteiger partial charge in [-0.2, -0.15) is 0 Å². The van der Waals surface area contributed by atoms with Gasteiger partial charge < -0.3 is 9.30 Å². The summed E-state index contributed by atoms with van der Waals surface area (Å²) in [6, 6.07) is 5.20. The van der Waals surface area contributed by atoms with Crippen LogP contribution < -0.4 is 4.74 Å². The summed E-state index contributed by atoms with van der Waals surface area (Å²) in [5, 5.41) is 0. The van der Waals surface area contributed by atoms with Crippen molar-refractivity contribution in [2.45, 2.75) is 6.04 Å². The molecule has 1 aromatic carbocycles. The van der Waals surface area contributed by atoms with Crippen LogP contribution in [0.15, 0.2) is 41.4 Å². The standard InChI is InChI=1S/C14H9BrFN3O/c15-9-4-10(16)12-13-14(9)20-6-11(19(13)7-18-12)8-2-1-3-17-5-8/h1-5,7,11H,6H2. The second-order valence-corrected chi connectivity index (χ2v) is 5.49. The quantitative estimate of drug-likeness (QED) is 0.685. The highest BCUT2D eigenvalue weighted by molar-refractivity contribution is 9.10. The van der Waals surface area contributed by atoms with Crippen molar-refractivity contribution in [2.75, 3.05) is 6.61 Å². The van der Waals surface area contributed by atoms with Crippen molar-refractivity contribution < 1.29 is 9.13 Å². The second kappa shape index (κ2) is 4.28. The predicted molar refractivity (Wildman–Crippen MR) is 75.3 cm³/mol. The lowest BCUT2D eigenvalue weighted by atomic mass is 10.1. The van der Waals surface area contributed by atoms with Crippen molar-refractivity contribution in [3.05, 3.63) is 52.8 Å². The Morgan fingerprint density at radius 1 is 1.45 bits per heavy atom. The topological polar surface area (TPSA) is 39.9 Å². The summed E-state index contributed by atoms with van der Waals surface area (Å²) in [6.07, 6.45) is 5.17. The molecule has 2 aromatic heterocycles. The van der Waals surface area contributed by atoms with Gasteiger partial charge in [0.05, 0.1) is 16.8 Å². The molecule has 20 heavy (non-hydrogen) atoms. The molecule has 3 aromatic rings. The van der Waals surface area contributed by atoms with Gasteiger partial charge in [0.2, 0.25) is 0 Å². The van der Waals surface area contributed by atoms with Gasteiger partial charge in [-0.05, 0) is 33.6 Å². The molecular formula is C14H9BrFN3O. The van der Waals surface area contributed by atoms with Crippen molar-refractivity contribution in [3.8, 4) is 5.75 Å². The zero-order valence-corrected chi connectivity index (χ0v) is 11.8. The van der Waals surface area contributed by atoms with Gasteiger partial charge in [0.1, 0.15) is 17.6 Å². The molecular weight excluding hydrogens is 325 g/mol. The first-order valence-corrected chi connectivity index (χ1v) is 6.92. The molecule has 0 N–H and O–H groups in total. The number of aromatic nitrogens is 3. The van der Waals surface area contributed by atoms with Gasteiger partial charge in [0.25, 0.3) is 0 Å². The van der Waals surface area contributed by atoms with E-state index in [1.807, 2.05) is 16.7 Å². The lowest BCUT2D eigenvalue weighted by Gasteiger charge is -2.26. The van der Waals surface area contributed by atoms with E-state index in [1.54, 1.807) is 18.7 Å². The molecule has 0 radical (unpaired) electrons. The summed E-state index contributed by atoms with van der Waals surface area (Å²) in [7, 11) is 0. The third kappa shape index (κ3) is 1.57. The van der Waals surface area contributed by atoms with Gasteiger partial charge in [0, 0.05) is 12.4 Å². The molecule has 1 unspecified atom stereocenters. The van der Waals surface area contributed by atoms with Crippen molar-refractivity contribution in [3.63, 3.8) is 0 Å². The smallest absolute Gasteiger partial charge is 0.159 e. The molecule has 0 fully saturated rings. The van der Waals surface area contributed by atoms with E-state index in [2.05, 4.69) is 25.9 Å². The maximum Gasteiger partial charge on any atom is 0.159 e. The molecule has 1 atom stereocenters. The minimum absolute atomic E-state index is 0.0464. The molecule has 3 heterocycles. The Hall–Kier alpha value is -1.95. The first-order chi connectivity index (χ1) is 9.75. The Balaban J connectivity index is 1.99. The molecule has 0 saturated heterocycles. The lowest BCUT2D eigenvalue weighted by molar-refractivity contribution is 0.257. The van der Waals surface area contributed by atoms with Crippen molar-refractivity contribution >= 4 is 27.0 Å². The van der Waals surface area contributed by atoms with E-state index in [0.29, 0.717) is 27.9 Å². The summed E-state index contributed by atoms with van der Waals surface area (Å²) < 4.78 is 22.3. The zero-order chi connectivity index (χ0) is 13.7. The SMILES string of the molecule is Fc1cc(Br)c2c3c1ncn3C(c1cccnc1)CO2. The average Bonchev–Trinajstić information content (AvgIpc) is 2.91. The molecule has 1 aliphatic rings. The minimum atomic E-state index is -0.357. The number of benzene rings is 1. The Bertz CT molecular complexity index is 803. The number of pyridine rings is 1. The van der Waals surface area contributed by atoms with Crippen LogP contribution in [0.2, 0.25) is 0 Å². The van der Waals surface area contributed by atoms with Gasteiger partial charge in [-0.15, -0.1) is 0 Å². The summed E-state index contributed by atoms with van der Waals surface area (Å²) >= 11 is 3.34. The van der Waals surface area contributed by atoms with E-state index in [9.17, 15) is 4.39 Å². The highest BCUT2D eigenvalue weighted by atomic mass is 79.9. The van der Waals surface area contributed by atoms with Crippen molar-refractivity contribution in [1.82, 2.24) is 14.5 Å². The monoisotopic (exact) mass is 333 g/mol. The summed E-state index contributed by atoms with van der Waals surface area (Å²) in [4.78, 5) is 8.30. The molecule has 0 aliphatic carbocycles. The van der Waals surface area contributed by atoms with Gasteiger partial charge in [-0.3, -0.25) is 4.98 Å². The van der Waals surface area contributed by atoms with E-state index in [4.69, 9.17) is 4.74 Å². The normalized spacial score (nSPS) is 17.2. The van der Waals surface area contributed by atoms with Crippen LogP contribution in [0.1, 0.15) is 11.6 Å². The minimum Gasteiger partial charge on any atom is -0.488 e. The number of hydrogen-bond acceptors (Lipinski definition) is 3. The fourth-order valence-electron chi connectivity index (χ4n) is 2.57. The number of imidazole rings is 1. The van der Waals surface area contributed by atoms with Gasteiger partial charge >= 0.3 is 0 Å². The van der Waals surface area contributed by atoms with E-state index in [-0.39, 0.29) is 11.9 Å². The number of halogens is 2. The number of hydrogen-bond donors (Lipinski definition) is 0. The van der Waals surface area contributed by atoms with Crippen molar-refractivity contribution in [2.24, 2.45) is 0 Å². The van der Waals surface area contributed by atoms with Crippen LogP contribution in [-0.2, 0) is 0 Å². The van der Waals surface area contributed by atoms with Crippen LogP contribution in [0.25, 0.3) is 11.0 Å². The van der Waals surface area contributed by atoms with Gasteiger partial charge in [-0.25, -0.2) is 9.37 Å². The van der Waals surface area contributed by atoms with Crippen LogP contribution in [0.3, 0.4) is 0 Å². The Kier molecular flexibility index (Phi) is 2.53. The van der Waals surface area contributed by atoms with Crippen molar-refractivity contribution in [1.29, 1.82) is 0 Å². The maximum absolute atomic E-state index is 14.0. The first-order valence-electron chi connectivity index (χ1n) is 6.13. The fourth-order valence-corrected chi connectivity index (χ4v) is 3.07. The molecule has 0 amide bonds. The number of rotatable bonds is 1. The third-order valence-electron chi connectivity index (χ3n) is 3.50. The van der Waals surface area contributed by atoms with Crippen LogP contribution in [0, 0.1) is 5.82 Å². The highest BCUT2D eigenvalue weighted by Crippen LogP contribution is 2.40. The molecule has 4 rings (SSSR count). The predicted octanol–water partition coefficient (Wildman–Crippen LogP) is 3.31. The van der Waals surface area contributed by atoms with Crippen LogP contribution in [0.5, 0.6) is 5.75 Å². The van der Waals surface area contributed by atoms with E-state index >= 15 is 0 Å². The van der Waals surface area contributed by atoms with Crippen LogP contribution >= 0.6 is 15.9 Å². The van der Waals surface area contributed by atoms with Crippen LogP contribution in [-0.4, -0.2) is 21.1 Å². The Morgan fingerprint density at radius 3 is 3.15 bits per heavy atom. The van der Waals surface area contributed by atoms with Gasteiger partial charge in [-0.1, -0.05) is 6.07 Å². The third-order valence-corrected chi connectivity index (χ3v) is 4.08. The molecule has 0 spiro atoms. The number of nitrogens with zero attached hydrogens (tertiary/aromatic N) is 3. The molecule has 0 bridgehead atoms. The second-order valence-electron chi connectivity index (χ2n) is 4.63. The lowest BCUT2D eigenvalue weighted by Crippen LogP contribution is -2.22. The number of ether oxygens (including phenoxy) is 1. The molecule has 6 heteroatoms. The molecule has 4 nitrogen and oxygen atoms in total. The molecule has 1 aliphatic heterocycles. The Morgan fingerprint density at radius 2 is 2.35 bits per heavy atom. The molecule has 100 valence electrons.